The normalized spacial score (nSPS) is 31.5. The minimum absolute atomic E-state index is 0.151. The number of aryl methyl sites for hydroxylation is 1. The molecule has 2 fully saturated rings. The molecule has 0 nitrogen and oxygen atoms in total. The van der Waals surface area contributed by atoms with Gasteiger partial charge in [0.25, 0.3) is 0 Å². The van der Waals surface area contributed by atoms with E-state index in [2.05, 4.69) is 13.5 Å². The third-order valence-electron chi connectivity index (χ3n) is 8.02. The quantitative estimate of drug-likeness (QED) is 0.329. The van der Waals surface area contributed by atoms with Crippen molar-refractivity contribution < 1.29 is 13.2 Å². The summed E-state index contributed by atoms with van der Waals surface area (Å²) < 4.78 is 40.0. The first-order chi connectivity index (χ1) is 13.5. The van der Waals surface area contributed by atoms with Crippen LogP contribution >= 0.6 is 0 Å². The fourth-order valence-corrected chi connectivity index (χ4v) is 7.43. The van der Waals surface area contributed by atoms with Gasteiger partial charge < -0.3 is 0 Å². The van der Waals surface area contributed by atoms with Crippen molar-refractivity contribution in [1.82, 2.24) is 0 Å². The van der Waals surface area contributed by atoms with E-state index in [1.807, 2.05) is 0 Å². The Kier molecular flexibility index (Phi) is 7.69. The maximum Gasteiger partial charge on any atom is 0.194 e. The Morgan fingerprint density at radius 3 is 2.11 bits per heavy atom. The summed E-state index contributed by atoms with van der Waals surface area (Å²) in [7, 11) is 0.151. The van der Waals surface area contributed by atoms with Crippen LogP contribution in [0.25, 0.3) is 0 Å². The van der Waals surface area contributed by atoms with Crippen LogP contribution < -0.4 is 0 Å². The Morgan fingerprint density at radius 2 is 1.57 bits per heavy atom. The molecule has 0 bridgehead atoms. The fourth-order valence-electron chi connectivity index (χ4n) is 6.21. The molecule has 0 radical (unpaired) electrons. The van der Waals surface area contributed by atoms with Crippen LogP contribution in [0.3, 0.4) is 0 Å². The highest BCUT2D eigenvalue weighted by atomic mass is 28.2. The van der Waals surface area contributed by atoms with Crippen molar-refractivity contribution in [2.45, 2.75) is 96.1 Å². The molecule has 1 aromatic rings. The standard InChI is InChI=1S/C24H37F3Si/c1-3-12-24(13-10-20(28-2)11-14-24)19-8-6-17(7-9-19)4-5-18-15-21(25)23(27)22(26)16-18/h15-17,19-20H,3-14,28H2,1-2H3. The molecule has 0 aromatic heterocycles. The van der Waals surface area contributed by atoms with E-state index in [1.165, 1.54) is 64.2 Å². The number of benzene rings is 1. The Bertz CT molecular complexity index is 606. The second-order valence-corrected chi connectivity index (χ2v) is 11.6. The van der Waals surface area contributed by atoms with E-state index in [9.17, 15) is 13.2 Å². The highest BCUT2D eigenvalue weighted by Gasteiger charge is 2.41. The van der Waals surface area contributed by atoms with Crippen LogP contribution in [-0.4, -0.2) is 9.52 Å². The summed E-state index contributed by atoms with van der Waals surface area (Å²) in [5, 5.41) is 0. The molecule has 2 aliphatic carbocycles. The zero-order valence-electron chi connectivity index (χ0n) is 17.7. The lowest BCUT2D eigenvalue weighted by Crippen LogP contribution is -2.37. The van der Waals surface area contributed by atoms with Crippen molar-refractivity contribution in [2.24, 2.45) is 17.3 Å². The van der Waals surface area contributed by atoms with Gasteiger partial charge in [-0.2, -0.15) is 0 Å². The van der Waals surface area contributed by atoms with Crippen molar-refractivity contribution in [3.63, 3.8) is 0 Å². The fraction of sp³-hybridized carbons (Fsp3) is 0.750. The van der Waals surface area contributed by atoms with Crippen LogP contribution in [0, 0.1) is 34.7 Å². The number of hydrogen-bond donors (Lipinski definition) is 0. The summed E-state index contributed by atoms with van der Waals surface area (Å²) in [6.07, 6.45) is 15.3. The topological polar surface area (TPSA) is 0 Å². The molecule has 4 heteroatoms. The molecule has 28 heavy (non-hydrogen) atoms. The molecular weight excluding hydrogens is 373 g/mol. The molecule has 0 amide bonds. The predicted molar refractivity (Wildman–Crippen MR) is 114 cm³/mol. The second-order valence-electron chi connectivity index (χ2n) is 9.59. The van der Waals surface area contributed by atoms with Crippen molar-refractivity contribution in [3.05, 3.63) is 35.1 Å². The summed E-state index contributed by atoms with van der Waals surface area (Å²) in [6.45, 7) is 4.82. The molecule has 2 aliphatic rings. The SMILES string of the molecule is CCCC1(C2CCC(CCc3cc(F)c(F)c(F)c3)CC2)CCC([SiH2]C)CC1. The zero-order valence-corrected chi connectivity index (χ0v) is 19.1. The summed E-state index contributed by atoms with van der Waals surface area (Å²) in [4.78, 5) is 0. The molecule has 0 atom stereocenters. The molecule has 0 N–H and O–H groups in total. The van der Waals surface area contributed by atoms with Gasteiger partial charge in [-0.3, -0.25) is 0 Å². The van der Waals surface area contributed by atoms with Gasteiger partial charge in [0.05, 0.1) is 0 Å². The Morgan fingerprint density at radius 1 is 0.964 bits per heavy atom. The van der Waals surface area contributed by atoms with E-state index >= 15 is 0 Å². The van der Waals surface area contributed by atoms with E-state index in [-0.39, 0.29) is 9.52 Å². The van der Waals surface area contributed by atoms with Crippen molar-refractivity contribution in [3.8, 4) is 0 Å². The summed E-state index contributed by atoms with van der Waals surface area (Å²) >= 11 is 0. The van der Waals surface area contributed by atoms with Gasteiger partial charge >= 0.3 is 0 Å². The lowest BCUT2D eigenvalue weighted by molar-refractivity contribution is 0.0445. The molecule has 0 unspecified atom stereocenters. The smallest absolute Gasteiger partial charge is 0.194 e. The van der Waals surface area contributed by atoms with Crippen molar-refractivity contribution in [2.75, 3.05) is 0 Å². The average molecular weight is 411 g/mol. The van der Waals surface area contributed by atoms with E-state index < -0.39 is 17.5 Å². The molecule has 2 saturated carbocycles. The van der Waals surface area contributed by atoms with Crippen LogP contribution in [0.15, 0.2) is 12.1 Å². The van der Waals surface area contributed by atoms with Crippen LogP contribution in [0.4, 0.5) is 13.2 Å². The minimum Gasteiger partial charge on any atom is -0.204 e. The predicted octanol–water partition coefficient (Wildman–Crippen LogP) is 7.21. The lowest BCUT2D eigenvalue weighted by Gasteiger charge is -2.48. The van der Waals surface area contributed by atoms with Crippen LogP contribution in [0.1, 0.15) is 83.1 Å². The Labute approximate surface area is 171 Å². The largest absolute Gasteiger partial charge is 0.204 e. The van der Waals surface area contributed by atoms with E-state index in [0.29, 0.717) is 23.3 Å². The zero-order chi connectivity index (χ0) is 20.1. The Hall–Kier alpha value is -0.773. The molecule has 158 valence electrons. The first-order valence-corrected chi connectivity index (χ1v) is 13.8. The van der Waals surface area contributed by atoms with Crippen LogP contribution in [0.2, 0.25) is 12.1 Å². The van der Waals surface area contributed by atoms with Crippen molar-refractivity contribution >= 4 is 9.52 Å². The van der Waals surface area contributed by atoms with Gasteiger partial charge in [0, 0.05) is 9.52 Å². The third-order valence-corrected chi connectivity index (χ3v) is 10.00. The first-order valence-electron chi connectivity index (χ1n) is 11.6. The maximum absolute atomic E-state index is 13.4. The van der Waals surface area contributed by atoms with Gasteiger partial charge in [0.15, 0.2) is 17.5 Å². The molecule has 1 aromatic carbocycles. The van der Waals surface area contributed by atoms with E-state index in [1.54, 1.807) is 0 Å². The molecule has 3 rings (SSSR count). The Balaban J connectivity index is 1.52. The number of hydrogen-bond acceptors (Lipinski definition) is 0. The molecule has 0 aliphatic heterocycles. The molecule has 0 spiro atoms. The first kappa shape index (κ1) is 21.9. The van der Waals surface area contributed by atoms with Gasteiger partial charge in [-0.1, -0.05) is 51.1 Å². The van der Waals surface area contributed by atoms with Gasteiger partial charge in [0.1, 0.15) is 0 Å². The highest BCUT2D eigenvalue weighted by Crippen LogP contribution is 2.54. The van der Waals surface area contributed by atoms with Gasteiger partial charge in [-0.05, 0) is 79.9 Å². The summed E-state index contributed by atoms with van der Waals surface area (Å²) in [6, 6.07) is 2.32. The minimum atomic E-state index is -1.36. The van der Waals surface area contributed by atoms with Gasteiger partial charge in [-0.15, -0.1) is 0 Å². The molecule has 0 saturated heterocycles. The number of halogens is 3. The third kappa shape index (κ3) is 5.04. The highest BCUT2D eigenvalue weighted by molar-refractivity contribution is 6.35. The van der Waals surface area contributed by atoms with Gasteiger partial charge in [0.2, 0.25) is 0 Å². The van der Waals surface area contributed by atoms with E-state index in [0.717, 1.165) is 30.0 Å². The van der Waals surface area contributed by atoms with Crippen LogP contribution in [-0.2, 0) is 6.42 Å². The second kappa shape index (κ2) is 9.82. The summed E-state index contributed by atoms with van der Waals surface area (Å²) in [5.41, 5.74) is 2.27. The van der Waals surface area contributed by atoms with Gasteiger partial charge in [-0.25, -0.2) is 13.2 Å². The van der Waals surface area contributed by atoms with Crippen LogP contribution in [0.5, 0.6) is 0 Å². The molecular formula is C24H37F3Si. The maximum atomic E-state index is 13.4. The van der Waals surface area contributed by atoms with E-state index in [4.69, 9.17) is 0 Å². The monoisotopic (exact) mass is 410 g/mol. The molecule has 0 heterocycles. The lowest BCUT2D eigenvalue weighted by atomic mass is 9.58. The summed E-state index contributed by atoms with van der Waals surface area (Å²) in [5.74, 6) is -1.96. The van der Waals surface area contributed by atoms with Crippen molar-refractivity contribution in [1.29, 1.82) is 0 Å². The number of rotatable bonds is 7. The average Bonchev–Trinajstić information content (AvgIpc) is 2.71.